The minimum atomic E-state index is -1.53. The van der Waals surface area contributed by atoms with E-state index in [0.717, 1.165) is 11.1 Å². The topological polar surface area (TPSA) is 47.9 Å². The second kappa shape index (κ2) is 10.7. The predicted molar refractivity (Wildman–Crippen MR) is 129 cm³/mol. The lowest BCUT2D eigenvalue weighted by Crippen LogP contribution is -2.32. The summed E-state index contributed by atoms with van der Waals surface area (Å²) in [5.41, 5.74) is 2.74. The molecule has 0 saturated heterocycles. The molecule has 0 heterocycles. The van der Waals surface area contributed by atoms with Gasteiger partial charge in [-0.2, -0.15) is 0 Å². The molecule has 4 heteroatoms. The van der Waals surface area contributed by atoms with Crippen molar-refractivity contribution in [3.63, 3.8) is 0 Å². The van der Waals surface area contributed by atoms with Gasteiger partial charge < -0.3 is 19.3 Å². The highest BCUT2D eigenvalue weighted by molar-refractivity contribution is 5.52. The third-order valence-electron chi connectivity index (χ3n) is 5.39. The normalized spacial score (nSPS) is 12.5. The van der Waals surface area contributed by atoms with Crippen molar-refractivity contribution >= 4 is 0 Å². The molecule has 0 aromatic heterocycles. The first-order chi connectivity index (χ1) is 16.2. The molecule has 4 rings (SSSR count). The van der Waals surface area contributed by atoms with Gasteiger partial charge in [-0.05, 0) is 23.3 Å². The van der Waals surface area contributed by atoms with Crippen molar-refractivity contribution in [2.45, 2.75) is 32.3 Å². The molecule has 0 radical (unpaired) electrons. The van der Waals surface area contributed by atoms with E-state index in [1.54, 1.807) is 0 Å². The Hall–Kier alpha value is -3.76. The fourth-order valence-electron chi connectivity index (χ4n) is 3.50. The lowest BCUT2D eigenvalue weighted by molar-refractivity contribution is -0.150. The molecule has 168 valence electrons. The summed E-state index contributed by atoms with van der Waals surface area (Å²) in [6.45, 7) is 2.62. The van der Waals surface area contributed by atoms with Gasteiger partial charge in [0.1, 0.15) is 13.2 Å². The van der Waals surface area contributed by atoms with Crippen molar-refractivity contribution in [2.75, 3.05) is 0 Å². The molecular weight excluding hydrogens is 412 g/mol. The molecule has 0 aliphatic carbocycles. The van der Waals surface area contributed by atoms with Crippen LogP contribution in [0.1, 0.15) is 30.0 Å². The Balaban J connectivity index is 1.65. The molecular formula is C29H28O4. The molecule has 0 amide bonds. The summed E-state index contributed by atoms with van der Waals surface area (Å²) in [6.07, 6.45) is 0.349. The molecule has 0 spiro atoms. The first-order valence-corrected chi connectivity index (χ1v) is 11.1. The molecule has 0 saturated carbocycles. The molecule has 4 nitrogen and oxygen atoms in total. The van der Waals surface area contributed by atoms with Crippen molar-refractivity contribution in [1.82, 2.24) is 0 Å². The zero-order chi connectivity index (χ0) is 22.9. The van der Waals surface area contributed by atoms with Crippen molar-refractivity contribution in [2.24, 2.45) is 0 Å². The van der Waals surface area contributed by atoms with E-state index in [1.807, 2.05) is 116 Å². The van der Waals surface area contributed by atoms with Gasteiger partial charge in [-0.25, -0.2) is 0 Å². The lowest BCUT2D eigenvalue weighted by atomic mass is 10.0. The van der Waals surface area contributed by atoms with Crippen LogP contribution in [0.3, 0.4) is 0 Å². The van der Waals surface area contributed by atoms with Crippen LogP contribution in [-0.2, 0) is 19.0 Å². The number of rotatable bonds is 10. The quantitative estimate of drug-likeness (QED) is 0.287. The van der Waals surface area contributed by atoms with Crippen molar-refractivity contribution in [1.29, 1.82) is 0 Å². The third kappa shape index (κ3) is 5.73. The van der Waals surface area contributed by atoms with Crippen LogP contribution in [0.2, 0.25) is 0 Å². The molecule has 33 heavy (non-hydrogen) atoms. The SMILES string of the molecule is CCC(O)(Oc1c(OCc2ccccc2)cccc1OCc1ccccc1)c1ccccc1. The average Bonchev–Trinajstić information content (AvgIpc) is 2.89. The van der Waals surface area contributed by atoms with Crippen LogP contribution in [0.4, 0.5) is 0 Å². The van der Waals surface area contributed by atoms with Gasteiger partial charge in [0.25, 0.3) is 0 Å². The van der Waals surface area contributed by atoms with Gasteiger partial charge in [-0.3, -0.25) is 0 Å². The smallest absolute Gasteiger partial charge is 0.235 e. The van der Waals surface area contributed by atoms with Crippen LogP contribution < -0.4 is 14.2 Å². The summed E-state index contributed by atoms with van der Waals surface area (Å²) in [6, 6.07) is 34.7. The molecule has 4 aromatic rings. The lowest BCUT2D eigenvalue weighted by Gasteiger charge is -2.30. The minimum absolute atomic E-state index is 0.349. The molecule has 4 aromatic carbocycles. The first kappa shape index (κ1) is 22.4. The van der Waals surface area contributed by atoms with Crippen LogP contribution in [0, 0.1) is 0 Å². The molecule has 0 bridgehead atoms. The van der Waals surface area contributed by atoms with Crippen molar-refractivity contribution < 1.29 is 19.3 Å². The monoisotopic (exact) mass is 440 g/mol. The van der Waals surface area contributed by atoms with Crippen LogP contribution in [0.25, 0.3) is 0 Å². The van der Waals surface area contributed by atoms with Crippen LogP contribution in [0.5, 0.6) is 17.2 Å². The maximum absolute atomic E-state index is 11.4. The van der Waals surface area contributed by atoms with E-state index in [0.29, 0.717) is 42.4 Å². The average molecular weight is 441 g/mol. The van der Waals surface area contributed by atoms with E-state index in [-0.39, 0.29) is 0 Å². The maximum Gasteiger partial charge on any atom is 0.235 e. The zero-order valence-corrected chi connectivity index (χ0v) is 18.7. The Morgan fingerprint density at radius 2 is 1.06 bits per heavy atom. The van der Waals surface area contributed by atoms with Gasteiger partial charge in [0.2, 0.25) is 11.5 Å². The van der Waals surface area contributed by atoms with Crippen molar-refractivity contribution in [3.8, 4) is 17.2 Å². The van der Waals surface area contributed by atoms with E-state index < -0.39 is 5.79 Å². The van der Waals surface area contributed by atoms with E-state index >= 15 is 0 Å². The van der Waals surface area contributed by atoms with E-state index in [4.69, 9.17) is 14.2 Å². The summed E-state index contributed by atoms with van der Waals surface area (Å²) < 4.78 is 18.5. The summed E-state index contributed by atoms with van der Waals surface area (Å²) in [7, 11) is 0. The highest BCUT2D eigenvalue weighted by Crippen LogP contribution is 2.42. The number of benzene rings is 4. The van der Waals surface area contributed by atoms with Gasteiger partial charge in [-0.1, -0.05) is 104 Å². The van der Waals surface area contributed by atoms with Gasteiger partial charge in [0.05, 0.1) is 0 Å². The largest absolute Gasteiger partial charge is 0.485 e. The molecule has 0 aliphatic rings. The van der Waals surface area contributed by atoms with E-state index in [9.17, 15) is 5.11 Å². The van der Waals surface area contributed by atoms with Gasteiger partial charge in [-0.15, -0.1) is 0 Å². The summed E-state index contributed by atoms with van der Waals surface area (Å²) in [5, 5.41) is 11.4. The maximum atomic E-state index is 11.4. The Bertz CT molecular complexity index is 1070. The predicted octanol–water partition coefficient (Wildman–Crippen LogP) is 6.48. The zero-order valence-electron chi connectivity index (χ0n) is 18.7. The fourth-order valence-corrected chi connectivity index (χ4v) is 3.50. The van der Waals surface area contributed by atoms with Gasteiger partial charge in [0, 0.05) is 12.0 Å². The summed E-state index contributed by atoms with van der Waals surface area (Å²) in [5.74, 6) is -0.143. The van der Waals surface area contributed by atoms with Gasteiger partial charge in [0.15, 0.2) is 11.5 Å². The van der Waals surface area contributed by atoms with E-state index in [1.165, 1.54) is 0 Å². The van der Waals surface area contributed by atoms with Crippen LogP contribution in [-0.4, -0.2) is 5.11 Å². The van der Waals surface area contributed by atoms with Gasteiger partial charge >= 0.3 is 0 Å². The Morgan fingerprint density at radius 3 is 1.52 bits per heavy atom. The van der Waals surface area contributed by atoms with E-state index in [2.05, 4.69) is 0 Å². The standard InChI is InChI=1S/C29H28O4/c1-2-29(30,25-17-10-5-11-18-25)33-28-26(31-21-23-13-6-3-7-14-23)19-12-20-27(28)32-22-24-15-8-4-9-16-24/h3-20,30H,2,21-22H2,1H3. The number of para-hydroxylation sites is 1. The number of ether oxygens (including phenoxy) is 3. The Kier molecular flexibility index (Phi) is 7.28. The second-order valence-electron chi connectivity index (χ2n) is 7.74. The van der Waals surface area contributed by atoms with Crippen LogP contribution >= 0.6 is 0 Å². The molecule has 0 aliphatic heterocycles. The summed E-state index contributed by atoms with van der Waals surface area (Å²) in [4.78, 5) is 0. The number of hydrogen-bond donors (Lipinski definition) is 1. The fraction of sp³-hybridized carbons (Fsp3) is 0.172. The number of hydrogen-bond acceptors (Lipinski definition) is 4. The highest BCUT2D eigenvalue weighted by Gasteiger charge is 2.32. The molecule has 1 atom stereocenters. The van der Waals surface area contributed by atoms with Crippen molar-refractivity contribution in [3.05, 3.63) is 126 Å². The Labute approximate surface area is 195 Å². The highest BCUT2D eigenvalue weighted by atomic mass is 16.6. The molecule has 0 fully saturated rings. The second-order valence-corrected chi connectivity index (χ2v) is 7.74. The molecule has 1 unspecified atom stereocenters. The Morgan fingerprint density at radius 1 is 0.606 bits per heavy atom. The molecule has 1 N–H and O–H groups in total. The van der Waals surface area contributed by atoms with Crippen LogP contribution in [0.15, 0.2) is 109 Å². The number of aliphatic hydroxyl groups is 1. The first-order valence-electron chi connectivity index (χ1n) is 11.1. The third-order valence-corrected chi connectivity index (χ3v) is 5.39. The summed E-state index contributed by atoms with van der Waals surface area (Å²) >= 11 is 0. The minimum Gasteiger partial charge on any atom is -0.485 e.